The molecule has 8 heteroatoms. The van der Waals surface area contributed by atoms with Crippen LogP contribution in [0.4, 0.5) is 5.69 Å². The van der Waals surface area contributed by atoms with E-state index >= 15 is 0 Å². The topological polar surface area (TPSA) is 110 Å². The molecule has 1 amide bonds. The lowest BCUT2D eigenvalue weighted by Gasteiger charge is -2.14. The van der Waals surface area contributed by atoms with Gasteiger partial charge in [0.1, 0.15) is 0 Å². The number of hydrogen-bond acceptors (Lipinski definition) is 5. The monoisotopic (exact) mass is 395 g/mol. The van der Waals surface area contributed by atoms with Gasteiger partial charge in [-0.1, -0.05) is 29.8 Å². The van der Waals surface area contributed by atoms with Crippen molar-refractivity contribution in [2.24, 2.45) is 0 Å². The molecular weight excluding hydrogens is 374 g/mol. The van der Waals surface area contributed by atoms with Crippen molar-refractivity contribution in [2.75, 3.05) is 5.32 Å². The van der Waals surface area contributed by atoms with Crippen LogP contribution < -0.4 is 16.6 Å². The van der Waals surface area contributed by atoms with Gasteiger partial charge in [-0.3, -0.25) is 23.9 Å². The van der Waals surface area contributed by atoms with Gasteiger partial charge in [-0.15, -0.1) is 0 Å². The summed E-state index contributed by atoms with van der Waals surface area (Å²) in [6.45, 7) is 3.43. The molecule has 1 heterocycles. The molecule has 2 aromatic carbocycles. The number of carbonyl (C=O) groups excluding carboxylic acids is 2. The first-order valence-electron chi connectivity index (χ1n) is 9.14. The summed E-state index contributed by atoms with van der Waals surface area (Å²) in [5, 5.41) is 3.03. The van der Waals surface area contributed by atoms with Crippen molar-refractivity contribution in [1.29, 1.82) is 0 Å². The zero-order chi connectivity index (χ0) is 21.0. The van der Waals surface area contributed by atoms with Gasteiger partial charge in [-0.25, -0.2) is 4.79 Å². The maximum absolute atomic E-state index is 12.2. The summed E-state index contributed by atoms with van der Waals surface area (Å²) in [5.74, 6) is -1.08. The molecule has 0 aliphatic rings. The van der Waals surface area contributed by atoms with E-state index in [-0.39, 0.29) is 13.0 Å². The minimum atomic E-state index is -0.993. The molecule has 3 aromatic rings. The van der Waals surface area contributed by atoms with E-state index < -0.39 is 29.2 Å². The molecule has 0 fully saturated rings. The number of H-pyrrole nitrogens is 1. The number of amides is 1. The minimum Gasteiger partial charge on any atom is -0.452 e. The van der Waals surface area contributed by atoms with Gasteiger partial charge in [0.25, 0.3) is 11.5 Å². The predicted molar refractivity (Wildman–Crippen MR) is 109 cm³/mol. The molecule has 2 N–H and O–H groups in total. The number of aryl methyl sites for hydroxylation is 2. The van der Waals surface area contributed by atoms with Crippen molar-refractivity contribution in [3.63, 3.8) is 0 Å². The van der Waals surface area contributed by atoms with Gasteiger partial charge >= 0.3 is 11.7 Å². The second-order valence-corrected chi connectivity index (χ2v) is 6.67. The Morgan fingerprint density at radius 2 is 1.79 bits per heavy atom. The van der Waals surface area contributed by atoms with E-state index in [1.165, 1.54) is 11.5 Å². The van der Waals surface area contributed by atoms with E-state index in [0.29, 0.717) is 16.6 Å². The molecule has 0 unspecified atom stereocenters. The third-order valence-corrected chi connectivity index (χ3v) is 4.44. The van der Waals surface area contributed by atoms with Crippen molar-refractivity contribution < 1.29 is 14.3 Å². The van der Waals surface area contributed by atoms with Gasteiger partial charge < -0.3 is 10.1 Å². The number of nitrogens with zero attached hydrogens (tertiary/aromatic N) is 1. The lowest BCUT2D eigenvalue weighted by molar-refractivity contribution is -0.153. The fraction of sp³-hybridized carbons (Fsp3) is 0.238. The highest BCUT2D eigenvalue weighted by molar-refractivity contribution is 5.95. The molecule has 0 bridgehead atoms. The summed E-state index contributed by atoms with van der Waals surface area (Å²) in [4.78, 5) is 50.6. The molecular formula is C21H21N3O5. The Balaban J connectivity index is 1.62. The van der Waals surface area contributed by atoms with E-state index in [9.17, 15) is 19.2 Å². The summed E-state index contributed by atoms with van der Waals surface area (Å²) >= 11 is 0. The SMILES string of the molecule is Cc1ccc(NC(=O)[C@H](C)OC(=O)CCn2c(=O)[nH]c(=O)c3ccccc32)cc1. The summed E-state index contributed by atoms with van der Waals surface area (Å²) in [7, 11) is 0. The zero-order valence-electron chi connectivity index (χ0n) is 16.1. The first-order chi connectivity index (χ1) is 13.8. The van der Waals surface area contributed by atoms with E-state index in [1.54, 1.807) is 36.4 Å². The van der Waals surface area contributed by atoms with E-state index in [4.69, 9.17) is 4.74 Å². The standard InChI is InChI=1S/C21H21N3O5/c1-13-7-9-15(10-8-13)22-19(26)14(2)29-18(25)11-12-24-17-6-4-3-5-16(17)20(27)23-21(24)28/h3-10,14H,11-12H2,1-2H3,(H,22,26)(H,23,27,28)/t14-/m0/s1. The fourth-order valence-corrected chi connectivity index (χ4v) is 2.86. The van der Waals surface area contributed by atoms with E-state index in [0.717, 1.165) is 5.56 Å². The number of ether oxygens (including phenoxy) is 1. The number of fused-ring (bicyclic) bond motifs is 1. The van der Waals surface area contributed by atoms with Crippen LogP contribution in [-0.4, -0.2) is 27.5 Å². The third-order valence-electron chi connectivity index (χ3n) is 4.44. The molecule has 0 radical (unpaired) electrons. The first-order valence-corrected chi connectivity index (χ1v) is 9.14. The van der Waals surface area contributed by atoms with Gasteiger partial charge in [-0.2, -0.15) is 0 Å². The van der Waals surface area contributed by atoms with Crippen LogP contribution in [0.2, 0.25) is 0 Å². The second-order valence-electron chi connectivity index (χ2n) is 6.67. The Hall–Kier alpha value is -3.68. The smallest absolute Gasteiger partial charge is 0.328 e. The van der Waals surface area contributed by atoms with Gasteiger partial charge in [0.2, 0.25) is 0 Å². The van der Waals surface area contributed by atoms with E-state index in [1.807, 2.05) is 19.1 Å². The molecule has 0 spiro atoms. The van der Waals surface area contributed by atoms with Crippen molar-refractivity contribution in [3.05, 3.63) is 74.9 Å². The highest BCUT2D eigenvalue weighted by Gasteiger charge is 2.18. The normalized spacial score (nSPS) is 11.8. The van der Waals surface area contributed by atoms with Crippen LogP contribution in [0.1, 0.15) is 18.9 Å². The number of para-hydroxylation sites is 1. The molecule has 3 rings (SSSR count). The highest BCUT2D eigenvalue weighted by atomic mass is 16.5. The number of benzene rings is 2. The molecule has 0 saturated heterocycles. The number of carbonyl (C=O) groups is 2. The number of rotatable bonds is 6. The number of nitrogens with one attached hydrogen (secondary N) is 2. The number of anilines is 1. The lowest BCUT2D eigenvalue weighted by atomic mass is 10.2. The van der Waals surface area contributed by atoms with Gasteiger partial charge in [0.05, 0.1) is 17.3 Å². The quantitative estimate of drug-likeness (QED) is 0.620. The summed E-state index contributed by atoms with van der Waals surface area (Å²) in [5.41, 5.74) is 1.01. The minimum absolute atomic E-state index is 0.0151. The van der Waals surface area contributed by atoms with Crippen LogP contribution in [0, 0.1) is 6.92 Å². The van der Waals surface area contributed by atoms with Crippen molar-refractivity contribution in [1.82, 2.24) is 9.55 Å². The average molecular weight is 395 g/mol. The Kier molecular flexibility index (Phi) is 5.92. The summed E-state index contributed by atoms with van der Waals surface area (Å²) in [6.07, 6.45) is -1.12. The van der Waals surface area contributed by atoms with Crippen LogP contribution in [0.3, 0.4) is 0 Å². The molecule has 29 heavy (non-hydrogen) atoms. The Morgan fingerprint density at radius 1 is 1.10 bits per heavy atom. The summed E-state index contributed by atoms with van der Waals surface area (Å²) in [6, 6.07) is 13.9. The van der Waals surface area contributed by atoms with Crippen molar-refractivity contribution in [3.8, 4) is 0 Å². The second kappa shape index (κ2) is 8.55. The molecule has 8 nitrogen and oxygen atoms in total. The van der Waals surface area contributed by atoms with Crippen LogP contribution in [0.25, 0.3) is 10.9 Å². The van der Waals surface area contributed by atoms with Crippen LogP contribution in [0.5, 0.6) is 0 Å². The molecule has 150 valence electrons. The molecule has 1 atom stereocenters. The first kappa shape index (κ1) is 20.1. The average Bonchev–Trinajstić information content (AvgIpc) is 2.69. The number of hydrogen-bond donors (Lipinski definition) is 2. The summed E-state index contributed by atoms with van der Waals surface area (Å²) < 4.78 is 6.47. The van der Waals surface area contributed by atoms with Gasteiger partial charge in [0.15, 0.2) is 6.10 Å². The maximum atomic E-state index is 12.2. The molecule has 0 aliphatic carbocycles. The van der Waals surface area contributed by atoms with Crippen molar-refractivity contribution in [2.45, 2.75) is 32.9 Å². The van der Waals surface area contributed by atoms with Crippen LogP contribution in [-0.2, 0) is 20.9 Å². The van der Waals surface area contributed by atoms with E-state index in [2.05, 4.69) is 10.3 Å². The Morgan fingerprint density at radius 3 is 2.52 bits per heavy atom. The fourth-order valence-electron chi connectivity index (χ4n) is 2.86. The van der Waals surface area contributed by atoms with Crippen LogP contribution in [0.15, 0.2) is 58.1 Å². The van der Waals surface area contributed by atoms with Crippen molar-refractivity contribution >= 4 is 28.5 Å². The zero-order valence-corrected chi connectivity index (χ0v) is 16.1. The van der Waals surface area contributed by atoms with Gasteiger partial charge in [0, 0.05) is 12.2 Å². The highest BCUT2D eigenvalue weighted by Crippen LogP contribution is 2.11. The predicted octanol–water partition coefficient (Wildman–Crippen LogP) is 1.96. The maximum Gasteiger partial charge on any atom is 0.328 e. The lowest BCUT2D eigenvalue weighted by Crippen LogP contribution is -2.32. The Bertz CT molecular complexity index is 1160. The number of aromatic nitrogens is 2. The number of esters is 1. The largest absolute Gasteiger partial charge is 0.452 e. The molecule has 0 aliphatic heterocycles. The van der Waals surface area contributed by atoms with Crippen LogP contribution >= 0.6 is 0 Å². The number of aromatic amines is 1. The Labute approximate surface area is 166 Å². The molecule has 1 aromatic heterocycles. The third kappa shape index (κ3) is 4.78. The molecule has 0 saturated carbocycles. The van der Waals surface area contributed by atoms with Gasteiger partial charge in [-0.05, 0) is 38.1 Å².